The van der Waals surface area contributed by atoms with E-state index in [9.17, 15) is 0 Å². The molecule has 0 amide bonds. The number of nitrogens with one attached hydrogen (secondary N) is 1. The maximum atomic E-state index is 6.37. The van der Waals surface area contributed by atoms with Gasteiger partial charge in [-0.3, -0.25) is 0 Å². The lowest BCUT2D eigenvalue weighted by Crippen LogP contribution is -2.17. The van der Waals surface area contributed by atoms with E-state index in [1.165, 1.54) is 20.0 Å². The van der Waals surface area contributed by atoms with Crippen molar-refractivity contribution in [3.8, 4) is 17.0 Å². The van der Waals surface area contributed by atoms with Crippen LogP contribution >= 0.6 is 11.6 Å². The van der Waals surface area contributed by atoms with Crippen molar-refractivity contribution in [3.63, 3.8) is 0 Å². The van der Waals surface area contributed by atoms with Gasteiger partial charge in [-0.1, -0.05) is 24.4 Å². The van der Waals surface area contributed by atoms with Crippen molar-refractivity contribution >= 4 is 23.4 Å². The van der Waals surface area contributed by atoms with Crippen molar-refractivity contribution in [2.75, 3.05) is 18.2 Å². The smallest absolute Gasteiger partial charge is 0.232 e. The van der Waals surface area contributed by atoms with Gasteiger partial charge in [0.15, 0.2) is 0 Å². The van der Waals surface area contributed by atoms with Crippen molar-refractivity contribution in [2.24, 2.45) is 0 Å². The average Bonchev–Trinajstić information content (AvgIpc) is 3.01. The summed E-state index contributed by atoms with van der Waals surface area (Å²) in [6.45, 7) is 0. The van der Waals surface area contributed by atoms with Gasteiger partial charge in [-0.25, -0.2) is 9.97 Å². The van der Waals surface area contributed by atoms with Crippen molar-refractivity contribution in [3.05, 3.63) is 23.5 Å². The van der Waals surface area contributed by atoms with Gasteiger partial charge in [0.25, 0.3) is 0 Å². The van der Waals surface area contributed by atoms with Gasteiger partial charge in [0, 0.05) is 29.6 Å². The minimum Gasteiger partial charge on any atom is -0.480 e. The molecule has 0 aromatic carbocycles. The number of nitrogens with two attached hydrogens (primary N) is 1. The van der Waals surface area contributed by atoms with E-state index in [0.29, 0.717) is 22.8 Å². The number of ether oxygens (including phenoxy) is 1. The molecule has 6 nitrogen and oxygen atoms in total. The molecule has 0 atom stereocenters. The Labute approximate surface area is 134 Å². The number of hydrogen-bond donors (Lipinski definition) is 2. The van der Waals surface area contributed by atoms with Gasteiger partial charge >= 0.3 is 0 Å². The van der Waals surface area contributed by atoms with Gasteiger partial charge in [-0.2, -0.15) is 4.98 Å². The van der Waals surface area contributed by atoms with Crippen LogP contribution in [0.3, 0.4) is 0 Å². The Kier molecular flexibility index (Phi) is 4.29. The highest BCUT2D eigenvalue weighted by atomic mass is 35.5. The van der Waals surface area contributed by atoms with Crippen LogP contribution in [0.5, 0.6) is 5.88 Å². The molecule has 1 aliphatic carbocycles. The highest BCUT2D eigenvalue weighted by molar-refractivity contribution is 6.34. The Balaban J connectivity index is 2.02. The molecule has 22 heavy (non-hydrogen) atoms. The minimum absolute atomic E-state index is 0.237. The van der Waals surface area contributed by atoms with Crippen LogP contribution in [0, 0.1) is 0 Å². The van der Waals surface area contributed by atoms with Crippen LogP contribution in [-0.4, -0.2) is 28.1 Å². The van der Waals surface area contributed by atoms with Gasteiger partial charge in [0.05, 0.1) is 7.11 Å². The summed E-state index contributed by atoms with van der Waals surface area (Å²) in [7, 11) is 1.54. The van der Waals surface area contributed by atoms with Gasteiger partial charge < -0.3 is 15.8 Å². The normalized spacial score (nSPS) is 15.0. The summed E-state index contributed by atoms with van der Waals surface area (Å²) in [5.41, 5.74) is 7.31. The Bertz CT molecular complexity index is 673. The number of anilines is 2. The second kappa shape index (κ2) is 6.36. The van der Waals surface area contributed by atoms with E-state index in [-0.39, 0.29) is 5.95 Å². The Morgan fingerprint density at radius 1 is 1.27 bits per heavy atom. The molecule has 2 heterocycles. The molecule has 3 rings (SSSR count). The van der Waals surface area contributed by atoms with Crippen LogP contribution in [0.15, 0.2) is 18.5 Å². The molecule has 0 unspecified atom stereocenters. The van der Waals surface area contributed by atoms with Crippen LogP contribution in [-0.2, 0) is 0 Å². The van der Waals surface area contributed by atoms with Crippen molar-refractivity contribution < 1.29 is 4.74 Å². The molecule has 2 aromatic rings. The number of aromatic nitrogens is 3. The maximum absolute atomic E-state index is 6.37. The molecule has 3 N–H and O–H groups in total. The van der Waals surface area contributed by atoms with Gasteiger partial charge in [-0.15, -0.1) is 0 Å². The lowest BCUT2D eigenvalue weighted by atomic mass is 10.1. The topological polar surface area (TPSA) is 86.0 Å². The van der Waals surface area contributed by atoms with Crippen LogP contribution in [0.2, 0.25) is 5.02 Å². The molecule has 0 aliphatic heterocycles. The summed E-state index contributed by atoms with van der Waals surface area (Å²) < 4.78 is 5.18. The van der Waals surface area contributed by atoms with Crippen LogP contribution in [0.1, 0.15) is 25.7 Å². The molecule has 2 aromatic heterocycles. The summed E-state index contributed by atoms with van der Waals surface area (Å²) in [5.74, 6) is 1.32. The Morgan fingerprint density at radius 3 is 2.77 bits per heavy atom. The zero-order valence-electron chi connectivity index (χ0n) is 12.3. The minimum atomic E-state index is 0.237. The van der Waals surface area contributed by atoms with Crippen LogP contribution in [0.25, 0.3) is 11.1 Å². The second-order valence-corrected chi connectivity index (χ2v) is 5.68. The SMILES string of the molecule is COc1nccc(-c2cnc(N)nc2NC2CCCC2)c1Cl. The van der Waals surface area contributed by atoms with E-state index in [1.54, 1.807) is 12.4 Å². The largest absolute Gasteiger partial charge is 0.480 e. The third kappa shape index (κ3) is 2.92. The fourth-order valence-corrected chi connectivity index (χ4v) is 3.03. The van der Waals surface area contributed by atoms with Crippen LogP contribution in [0.4, 0.5) is 11.8 Å². The lowest BCUT2D eigenvalue weighted by molar-refractivity contribution is 0.398. The summed E-state index contributed by atoms with van der Waals surface area (Å²) in [6, 6.07) is 2.23. The molecule has 0 radical (unpaired) electrons. The molecular formula is C15H18ClN5O. The van der Waals surface area contributed by atoms with Gasteiger partial charge in [0.1, 0.15) is 10.8 Å². The quantitative estimate of drug-likeness (QED) is 0.900. The summed E-state index contributed by atoms with van der Waals surface area (Å²) in [5, 5.41) is 3.90. The lowest BCUT2D eigenvalue weighted by Gasteiger charge is -2.17. The molecule has 116 valence electrons. The molecule has 7 heteroatoms. The first-order valence-electron chi connectivity index (χ1n) is 7.27. The van der Waals surface area contributed by atoms with Gasteiger partial charge in [-0.05, 0) is 18.9 Å². The predicted molar refractivity (Wildman–Crippen MR) is 87.1 cm³/mol. The second-order valence-electron chi connectivity index (χ2n) is 5.30. The maximum Gasteiger partial charge on any atom is 0.232 e. The number of methoxy groups -OCH3 is 1. The molecule has 0 bridgehead atoms. The fourth-order valence-electron chi connectivity index (χ4n) is 2.74. The van der Waals surface area contributed by atoms with E-state index in [1.807, 2.05) is 6.07 Å². The Hall–Kier alpha value is -2.08. The molecule has 1 fully saturated rings. The standard InChI is InChI=1S/C15H18ClN5O/c1-22-14-12(16)10(6-7-18-14)11-8-19-15(17)21-13(11)20-9-4-2-3-5-9/h6-9H,2-5H2,1H3,(H3,17,19,20,21). The highest BCUT2D eigenvalue weighted by Crippen LogP contribution is 2.37. The third-order valence-corrected chi connectivity index (χ3v) is 4.21. The number of pyridine rings is 1. The van der Waals surface area contributed by atoms with E-state index < -0.39 is 0 Å². The zero-order chi connectivity index (χ0) is 15.5. The molecule has 0 saturated heterocycles. The molecular weight excluding hydrogens is 302 g/mol. The van der Waals surface area contributed by atoms with Crippen molar-refractivity contribution in [2.45, 2.75) is 31.7 Å². The van der Waals surface area contributed by atoms with Crippen LogP contribution < -0.4 is 15.8 Å². The highest BCUT2D eigenvalue weighted by Gasteiger charge is 2.20. The number of rotatable bonds is 4. The first-order valence-corrected chi connectivity index (χ1v) is 7.64. The number of hydrogen-bond acceptors (Lipinski definition) is 6. The van der Waals surface area contributed by atoms with Gasteiger partial charge in [0.2, 0.25) is 11.8 Å². The summed E-state index contributed by atoms with van der Waals surface area (Å²) >= 11 is 6.37. The van der Waals surface area contributed by atoms with E-state index in [4.69, 9.17) is 22.1 Å². The van der Waals surface area contributed by atoms with E-state index >= 15 is 0 Å². The Morgan fingerprint density at radius 2 is 2.05 bits per heavy atom. The summed E-state index contributed by atoms with van der Waals surface area (Å²) in [4.78, 5) is 12.5. The van der Waals surface area contributed by atoms with Crippen molar-refractivity contribution in [1.29, 1.82) is 0 Å². The molecule has 0 spiro atoms. The number of halogens is 1. The first kappa shape index (κ1) is 14.8. The monoisotopic (exact) mass is 319 g/mol. The fraction of sp³-hybridized carbons (Fsp3) is 0.400. The van der Waals surface area contributed by atoms with Crippen molar-refractivity contribution in [1.82, 2.24) is 15.0 Å². The molecule has 1 saturated carbocycles. The average molecular weight is 320 g/mol. The summed E-state index contributed by atoms with van der Waals surface area (Å²) in [6.07, 6.45) is 8.07. The zero-order valence-corrected chi connectivity index (χ0v) is 13.1. The third-order valence-electron chi connectivity index (χ3n) is 3.84. The molecule has 1 aliphatic rings. The number of nitrogens with zero attached hydrogens (tertiary/aromatic N) is 3. The van der Waals surface area contributed by atoms with E-state index in [0.717, 1.165) is 24.0 Å². The number of nitrogen functional groups attached to an aromatic ring is 1. The van der Waals surface area contributed by atoms with E-state index in [2.05, 4.69) is 20.3 Å². The predicted octanol–water partition coefficient (Wildman–Crippen LogP) is 3.14. The first-order chi connectivity index (χ1) is 10.7.